The summed E-state index contributed by atoms with van der Waals surface area (Å²) in [5, 5.41) is 0. The van der Waals surface area contributed by atoms with Crippen LogP contribution in [-0.4, -0.2) is 61.8 Å². The highest BCUT2D eigenvalue weighted by molar-refractivity contribution is 7.89. The summed E-state index contributed by atoms with van der Waals surface area (Å²) in [4.78, 5) is 17.0. The van der Waals surface area contributed by atoms with Crippen LogP contribution in [0, 0.1) is 6.92 Å². The third-order valence-electron chi connectivity index (χ3n) is 4.71. The van der Waals surface area contributed by atoms with Crippen LogP contribution in [0.15, 0.2) is 41.4 Å². The minimum Gasteiger partial charge on any atom is -0.491 e. The molecule has 0 bridgehead atoms. The number of carbonyl (C=O) groups is 1. The number of nitrogens with zero attached hydrogens (tertiary/aromatic N) is 2. The summed E-state index contributed by atoms with van der Waals surface area (Å²) in [5.74, 6) is 0.517. The summed E-state index contributed by atoms with van der Waals surface area (Å²) in [6.07, 6.45) is 3.14. The van der Waals surface area contributed by atoms with Gasteiger partial charge in [0.25, 0.3) is 5.91 Å². The van der Waals surface area contributed by atoms with Gasteiger partial charge in [-0.05, 0) is 37.5 Å². The SMILES string of the molecule is Cc1ccccc1OCCN(C)C(=O)c1cc(S(=O)(=O)N2CCCC2)c[nH]1. The molecule has 3 rings (SSSR count). The van der Waals surface area contributed by atoms with Crippen LogP contribution in [0.25, 0.3) is 0 Å². The van der Waals surface area contributed by atoms with E-state index in [-0.39, 0.29) is 16.5 Å². The van der Waals surface area contributed by atoms with Gasteiger partial charge in [-0.15, -0.1) is 0 Å². The number of sulfonamides is 1. The fourth-order valence-corrected chi connectivity index (χ4v) is 4.55. The van der Waals surface area contributed by atoms with Crippen LogP contribution in [0.4, 0.5) is 0 Å². The molecule has 1 amide bonds. The van der Waals surface area contributed by atoms with Gasteiger partial charge in [0.2, 0.25) is 10.0 Å². The lowest BCUT2D eigenvalue weighted by atomic mass is 10.2. The van der Waals surface area contributed by atoms with E-state index in [4.69, 9.17) is 4.74 Å². The first-order valence-corrected chi connectivity index (χ1v) is 10.5. The molecule has 1 aliphatic rings. The van der Waals surface area contributed by atoms with Gasteiger partial charge < -0.3 is 14.6 Å². The predicted octanol–water partition coefficient (Wildman–Crippen LogP) is 2.26. The van der Waals surface area contributed by atoms with Crippen LogP contribution in [0.3, 0.4) is 0 Å². The minimum atomic E-state index is -3.53. The van der Waals surface area contributed by atoms with Crippen molar-refractivity contribution in [3.63, 3.8) is 0 Å². The number of rotatable bonds is 7. The Morgan fingerprint density at radius 2 is 1.96 bits per heavy atom. The first-order chi connectivity index (χ1) is 12.9. The maximum atomic E-state index is 12.6. The van der Waals surface area contributed by atoms with Gasteiger partial charge in [-0.2, -0.15) is 4.31 Å². The van der Waals surface area contributed by atoms with E-state index >= 15 is 0 Å². The van der Waals surface area contributed by atoms with Gasteiger partial charge in [-0.25, -0.2) is 8.42 Å². The number of hydrogen-bond donors (Lipinski definition) is 1. The van der Waals surface area contributed by atoms with Gasteiger partial charge in [0.15, 0.2) is 0 Å². The predicted molar refractivity (Wildman–Crippen MR) is 102 cm³/mol. The first-order valence-electron chi connectivity index (χ1n) is 9.02. The fourth-order valence-electron chi connectivity index (χ4n) is 3.04. The quantitative estimate of drug-likeness (QED) is 0.785. The van der Waals surface area contributed by atoms with Crippen LogP contribution < -0.4 is 4.74 Å². The molecule has 0 aliphatic carbocycles. The zero-order valence-electron chi connectivity index (χ0n) is 15.6. The average molecular weight is 391 g/mol. The third kappa shape index (κ3) is 4.33. The summed E-state index contributed by atoms with van der Waals surface area (Å²) < 4.78 is 32.3. The molecule has 1 fully saturated rings. The molecule has 2 aromatic rings. The Labute approximate surface area is 160 Å². The van der Waals surface area contributed by atoms with Gasteiger partial charge in [0.1, 0.15) is 22.9 Å². The van der Waals surface area contributed by atoms with E-state index in [1.54, 1.807) is 7.05 Å². The van der Waals surface area contributed by atoms with E-state index in [9.17, 15) is 13.2 Å². The van der Waals surface area contributed by atoms with Gasteiger partial charge in [0, 0.05) is 26.3 Å². The second-order valence-electron chi connectivity index (χ2n) is 6.70. The van der Waals surface area contributed by atoms with Crippen molar-refractivity contribution in [2.45, 2.75) is 24.7 Å². The van der Waals surface area contributed by atoms with Crippen molar-refractivity contribution >= 4 is 15.9 Å². The summed E-state index contributed by atoms with van der Waals surface area (Å²) in [5.41, 5.74) is 1.29. The Balaban J connectivity index is 1.59. The van der Waals surface area contributed by atoms with E-state index in [0.29, 0.717) is 26.2 Å². The summed E-state index contributed by atoms with van der Waals surface area (Å²) >= 11 is 0. The van der Waals surface area contributed by atoms with E-state index in [1.165, 1.54) is 21.5 Å². The zero-order chi connectivity index (χ0) is 19.4. The molecule has 1 saturated heterocycles. The molecule has 1 aliphatic heterocycles. The molecule has 8 heteroatoms. The van der Waals surface area contributed by atoms with Gasteiger partial charge in [-0.3, -0.25) is 4.79 Å². The number of carbonyl (C=O) groups excluding carboxylic acids is 1. The number of benzene rings is 1. The Bertz CT molecular complexity index is 901. The number of amides is 1. The van der Waals surface area contributed by atoms with Gasteiger partial charge in [0.05, 0.1) is 6.54 Å². The molecule has 0 radical (unpaired) electrons. The lowest BCUT2D eigenvalue weighted by Crippen LogP contribution is -2.31. The van der Waals surface area contributed by atoms with E-state index in [1.807, 2.05) is 31.2 Å². The summed E-state index contributed by atoms with van der Waals surface area (Å²) in [6.45, 7) is 3.78. The minimum absolute atomic E-state index is 0.136. The van der Waals surface area contributed by atoms with Crippen LogP contribution >= 0.6 is 0 Å². The lowest BCUT2D eigenvalue weighted by Gasteiger charge is -2.17. The Morgan fingerprint density at radius 1 is 1.26 bits per heavy atom. The average Bonchev–Trinajstić information content (AvgIpc) is 3.35. The molecular formula is C19H25N3O4S. The molecule has 0 spiro atoms. The highest BCUT2D eigenvalue weighted by Gasteiger charge is 2.29. The van der Waals surface area contributed by atoms with Crippen molar-refractivity contribution in [3.05, 3.63) is 47.8 Å². The molecule has 1 aromatic heterocycles. The van der Waals surface area contributed by atoms with E-state index in [0.717, 1.165) is 24.2 Å². The Hall–Kier alpha value is -2.32. The number of para-hydroxylation sites is 1. The number of aryl methyl sites for hydroxylation is 1. The fraction of sp³-hybridized carbons (Fsp3) is 0.421. The van der Waals surface area contributed by atoms with Crippen molar-refractivity contribution < 1.29 is 17.9 Å². The monoisotopic (exact) mass is 391 g/mol. The first kappa shape index (κ1) is 19.4. The molecule has 0 atom stereocenters. The molecule has 7 nitrogen and oxygen atoms in total. The Kier molecular flexibility index (Phi) is 5.86. The topological polar surface area (TPSA) is 82.7 Å². The second kappa shape index (κ2) is 8.14. The standard InChI is InChI=1S/C19H25N3O4S/c1-15-7-3-4-8-18(15)26-12-11-21(2)19(23)17-13-16(14-20-17)27(24,25)22-9-5-6-10-22/h3-4,7-8,13-14,20H,5-6,9-12H2,1-2H3. The highest BCUT2D eigenvalue weighted by atomic mass is 32.2. The number of H-pyrrole nitrogens is 1. The van der Waals surface area contributed by atoms with Gasteiger partial charge in [-0.1, -0.05) is 18.2 Å². The molecular weight excluding hydrogens is 366 g/mol. The van der Waals surface area contributed by atoms with Crippen molar-refractivity contribution in [2.75, 3.05) is 33.3 Å². The van der Waals surface area contributed by atoms with Crippen molar-refractivity contribution in [2.24, 2.45) is 0 Å². The normalized spacial score (nSPS) is 15.0. The number of aromatic amines is 1. The molecule has 1 N–H and O–H groups in total. The third-order valence-corrected chi connectivity index (χ3v) is 6.59. The maximum Gasteiger partial charge on any atom is 0.270 e. The second-order valence-corrected chi connectivity index (χ2v) is 8.64. The van der Waals surface area contributed by atoms with E-state index in [2.05, 4.69) is 4.98 Å². The lowest BCUT2D eigenvalue weighted by molar-refractivity contribution is 0.0768. The molecule has 27 heavy (non-hydrogen) atoms. The maximum absolute atomic E-state index is 12.6. The molecule has 0 unspecified atom stereocenters. The smallest absolute Gasteiger partial charge is 0.270 e. The van der Waals surface area contributed by atoms with Crippen LogP contribution in [0.2, 0.25) is 0 Å². The van der Waals surface area contributed by atoms with Crippen LogP contribution in [0.1, 0.15) is 28.9 Å². The van der Waals surface area contributed by atoms with Crippen molar-refractivity contribution in [3.8, 4) is 5.75 Å². The number of ether oxygens (including phenoxy) is 1. The molecule has 2 heterocycles. The highest BCUT2D eigenvalue weighted by Crippen LogP contribution is 2.22. The number of nitrogens with one attached hydrogen (secondary N) is 1. The van der Waals surface area contributed by atoms with Crippen molar-refractivity contribution in [1.29, 1.82) is 0 Å². The molecule has 146 valence electrons. The number of likely N-dealkylation sites (N-methyl/N-ethyl adjacent to an activating group) is 1. The number of aromatic nitrogens is 1. The van der Waals surface area contributed by atoms with E-state index < -0.39 is 10.0 Å². The molecule has 0 saturated carbocycles. The van der Waals surface area contributed by atoms with Gasteiger partial charge >= 0.3 is 0 Å². The molecule has 1 aromatic carbocycles. The summed E-state index contributed by atoms with van der Waals surface area (Å²) in [6, 6.07) is 9.10. The van der Waals surface area contributed by atoms with Crippen molar-refractivity contribution in [1.82, 2.24) is 14.2 Å². The largest absolute Gasteiger partial charge is 0.491 e. The number of hydrogen-bond acceptors (Lipinski definition) is 4. The van der Waals surface area contributed by atoms with Crippen LogP contribution in [0.5, 0.6) is 5.75 Å². The Morgan fingerprint density at radius 3 is 2.67 bits per heavy atom. The van der Waals surface area contributed by atoms with Crippen LogP contribution in [-0.2, 0) is 10.0 Å². The zero-order valence-corrected chi connectivity index (χ0v) is 16.5. The summed E-state index contributed by atoms with van der Waals surface area (Å²) in [7, 11) is -1.86.